The van der Waals surface area contributed by atoms with Crippen LogP contribution in [0, 0.1) is 5.82 Å². The van der Waals surface area contributed by atoms with Crippen molar-refractivity contribution in [1.29, 1.82) is 0 Å². The molecule has 1 aliphatic rings. The number of fused-ring (bicyclic) bond motifs is 1. The molecule has 0 spiro atoms. The molecule has 1 aliphatic heterocycles. The number of nitrogens with two attached hydrogens (primary N) is 1. The second-order valence-electron chi connectivity index (χ2n) is 6.44. The van der Waals surface area contributed by atoms with Crippen molar-refractivity contribution in [3.05, 3.63) is 95.2 Å². The highest BCUT2D eigenvalue weighted by molar-refractivity contribution is 5.94. The van der Waals surface area contributed by atoms with Crippen LogP contribution < -0.4 is 16.0 Å². The minimum atomic E-state index is -0.362. The molecule has 1 aromatic carbocycles. The van der Waals surface area contributed by atoms with Crippen molar-refractivity contribution in [2.24, 2.45) is 5.73 Å². The van der Waals surface area contributed by atoms with Crippen molar-refractivity contribution in [3.63, 3.8) is 0 Å². The van der Waals surface area contributed by atoms with Crippen LogP contribution in [0.4, 0.5) is 10.2 Å². The van der Waals surface area contributed by atoms with E-state index in [1.54, 1.807) is 43.4 Å². The number of anilines is 1. The second-order valence-corrected chi connectivity index (χ2v) is 6.44. The van der Waals surface area contributed by atoms with Gasteiger partial charge in [0.15, 0.2) is 0 Å². The molecule has 3 rings (SSSR count). The van der Waals surface area contributed by atoms with Gasteiger partial charge >= 0.3 is 0 Å². The third-order valence-corrected chi connectivity index (χ3v) is 4.65. The largest absolute Gasteiger partial charge is 0.397 e. The first-order valence-corrected chi connectivity index (χ1v) is 9.08. The van der Waals surface area contributed by atoms with Gasteiger partial charge in [0, 0.05) is 18.7 Å². The number of carbonyl (C=O) groups excluding carboxylic acids is 1. The maximum atomic E-state index is 14.1. The van der Waals surface area contributed by atoms with Gasteiger partial charge in [-0.15, -0.1) is 0 Å². The Balaban J connectivity index is 1.79. The van der Waals surface area contributed by atoms with E-state index in [1.807, 2.05) is 17.0 Å². The van der Waals surface area contributed by atoms with Crippen LogP contribution in [0.3, 0.4) is 0 Å². The lowest BCUT2D eigenvalue weighted by Crippen LogP contribution is -2.32. The summed E-state index contributed by atoms with van der Waals surface area (Å²) in [5, 5.41) is 2.76. The van der Waals surface area contributed by atoms with Gasteiger partial charge in [-0.05, 0) is 43.2 Å². The molecule has 0 aliphatic carbocycles. The van der Waals surface area contributed by atoms with Gasteiger partial charge in [-0.3, -0.25) is 4.79 Å². The second kappa shape index (κ2) is 8.52. The summed E-state index contributed by atoms with van der Waals surface area (Å²) in [6.07, 6.45) is 5.61. The van der Waals surface area contributed by atoms with E-state index >= 15 is 0 Å². The molecule has 0 atom stereocenters. The van der Waals surface area contributed by atoms with Crippen molar-refractivity contribution in [2.45, 2.75) is 19.9 Å². The SMILES string of the molecule is C=C/C=C(N)\C(=C/C)NC(=O)c1cccc(N2CCc3cccc(F)c3C2)n1. The number of nitrogens with one attached hydrogen (secondary N) is 1. The van der Waals surface area contributed by atoms with Crippen molar-refractivity contribution >= 4 is 11.7 Å². The van der Waals surface area contributed by atoms with E-state index in [9.17, 15) is 9.18 Å². The molecule has 0 saturated carbocycles. The Morgan fingerprint density at radius 2 is 2.11 bits per heavy atom. The fraction of sp³-hybridized carbons (Fsp3) is 0.182. The lowest BCUT2D eigenvalue weighted by atomic mass is 9.99. The number of hydrogen-bond acceptors (Lipinski definition) is 4. The third kappa shape index (κ3) is 4.11. The summed E-state index contributed by atoms with van der Waals surface area (Å²) in [7, 11) is 0. The predicted octanol–water partition coefficient (Wildman–Crippen LogP) is 3.45. The van der Waals surface area contributed by atoms with Crippen LogP contribution in [0.25, 0.3) is 0 Å². The predicted molar refractivity (Wildman–Crippen MR) is 109 cm³/mol. The first-order chi connectivity index (χ1) is 13.5. The molecule has 1 amide bonds. The summed E-state index contributed by atoms with van der Waals surface area (Å²) in [4.78, 5) is 19.1. The Hall–Kier alpha value is -3.41. The van der Waals surface area contributed by atoms with Gasteiger partial charge in [-0.25, -0.2) is 9.37 Å². The molecular weight excluding hydrogens is 355 g/mol. The zero-order chi connectivity index (χ0) is 20.1. The Morgan fingerprint density at radius 3 is 2.86 bits per heavy atom. The van der Waals surface area contributed by atoms with Crippen molar-refractivity contribution in [3.8, 4) is 0 Å². The topological polar surface area (TPSA) is 71.2 Å². The minimum Gasteiger partial charge on any atom is -0.397 e. The first kappa shape index (κ1) is 19.4. The molecule has 6 heteroatoms. The Kier molecular flexibility index (Phi) is 5.89. The zero-order valence-corrected chi connectivity index (χ0v) is 15.8. The molecule has 2 heterocycles. The number of benzene rings is 1. The molecule has 0 fully saturated rings. The van der Waals surface area contributed by atoms with E-state index in [-0.39, 0.29) is 17.4 Å². The lowest BCUT2D eigenvalue weighted by Gasteiger charge is -2.30. The van der Waals surface area contributed by atoms with Crippen LogP contribution in [0.5, 0.6) is 0 Å². The molecular formula is C22H23FN4O. The van der Waals surface area contributed by atoms with E-state index < -0.39 is 0 Å². The van der Waals surface area contributed by atoms with Crippen molar-refractivity contribution in [1.82, 2.24) is 10.3 Å². The number of hydrogen-bond donors (Lipinski definition) is 2. The summed E-state index contributed by atoms with van der Waals surface area (Å²) >= 11 is 0. The fourth-order valence-corrected chi connectivity index (χ4v) is 3.18. The Bertz CT molecular complexity index is 965. The highest BCUT2D eigenvalue weighted by Crippen LogP contribution is 2.25. The number of amides is 1. The van der Waals surface area contributed by atoms with Gasteiger partial charge < -0.3 is 16.0 Å². The van der Waals surface area contributed by atoms with Gasteiger partial charge in [0.05, 0.1) is 11.4 Å². The smallest absolute Gasteiger partial charge is 0.274 e. The molecule has 3 N–H and O–H groups in total. The van der Waals surface area contributed by atoms with Crippen LogP contribution >= 0.6 is 0 Å². The van der Waals surface area contributed by atoms with Crippen LogP contribution in [0.1, 0.15) is 28.5 Å². The number of nitrogens with zero attached hydrogens (tertiary/aromatic N) is 2. The number of aromatic nitrogens is 1. The highest BCUT2D eigenvalue weighted by Gasteiger charge is 2.21. The van der Waals surface area contributed by atoms with Crippen molar-refractivity contribution in [2.75, 3.05) is 11.4 Å². The molecule has 2 aromatic rings. The van der Waals surface area contributed by atoms with Crippen LogP contribution in [-0.2, 0) is 13.0 Å². The van der Waals surface area contributed by atoms with Crippen molar-refractivity contribution < 1.29 is 9.18 Å². The van der Waals surface area contributed by atoms with E-state index in [0.29, 0.717) is 35.9 Å². The first-order valence-electron chi connectivity index (χ1n) is 9.08. The average molecular weight is 378 g/mol. The molecule has 0 unspecified atom stereocenters. The molecule has 0 radical (unpaired) electrons. The van der Waals surface area contributed by atoms with Crippen LogP contribution in [0.2, 0.25) is 0 Å². The standard InChI is InChI=1S/C22H23FN4O/c1-3-7-18(24)19(4-2)26-22(28)20-10-6-11-21(25-20)27-13-12-15-8-5-9-17(23)16(15)14-27/h3-11H,1,12-14,24H2,2H3,(H,26,28)/b18-7+,19-4+. The Morgan fingerprint density at radius 1 is 1.32 bits per heavy atom. The molecule has 1 aromatic heterocycles. The van der Waals surface area contributed by atoms with E-state index in [1.165, 1.54) is 6.07 Å². The molecule has 144 valence electrons. The number of carbonyl (C=O) groups is 1. The summed E-state index contributed by atoms with van der Waals surface area (Å²) in [5.41, 5.74) is 8.78. The van der Waals surface area contributed by atoms with Gasteiger partial charge in [-0.1, -0.05) is 36.9 Å². The number of pyridine rings is 1. The lowest BCUT2D eigenvalue weighted by molar-refractivity contribution is 0.0961. The number of halogens is 1. The van der Waals surface area contributed by atoms with Crippen LogP contribution in [-0.4, -0.2) is 17.4 Å². The molecule has 0 saturated heterocycles. The molecule has 5 nitrogen and oxygen atoms in total. The molecule has 28 heavy (non-hydrogen) atoms. The normalized spacial score (nSPS) is 14.4. The van der Waals surface area contributed by atoms with E-state index in [4.69, 9.17) is 5.73 Å². The quantitative estimate of drug-likeness (QED) is 0.782. The average Bonchev–Trinajstić information content (AvgIpc) is 2.72. The summed E-state index contributed by atoms with van der Waals surface area (Å²) in [5.74, 6) is 0.0652. The highest BCUT2D eigenvalue weighted by atomic mass is 19.1. The third-order valence-electron chi connectivity index (χ3n) is 4.65. The summed E-state index contributed by atoms with van der Waals surface area (Å²) in [6, 6.07) is 10.4. The van der Waals surface area contributed by atoms with Gasteiger partial charge in [0.2, 0.25) is 0 Å². The van der Waals surface area contributed by atoms with Gasteiger partial charge in [0.1, 0.15) is 17.3 Å². The monoisotopic (exact) mass is 378 g/mol. The van der Waals surface area contributed by atoms with E-state index in [0.717, 1.165) is 12.0 Å². The Labute approximate surface area is 164 Å². The number of allylic oxidation sites excluding steroid dienone is 3. The van der Waals surface area contributed by atoms with Crippen LogP contribution in [0.15, 0.2) is 72.6 Å². The van der Waals surface area contributed by atoms with Gasteiger partial charge in [0.25, 0.3) is 5.91 Å². The van der Waals surface area contributed by atoms with E-state index in [2.05, 4.69) is 16.9 Å². The molecule has 0 bridgehead atoms. The summed E-state index contributed by atoms with van der Waals surface area (Å²) in [6.45, 7) is 6.52. The number of rotatable bonds is 5. The fourth-order valence-electron chi connectivity index (χ4n) is 3.18. The zero-order valence-electron chi connectivity index (χ0n) is 15.8. The maximum Gasteiger partial charge on any atom is 0.274 e. The summed E-state index contributed by atoms with van der Waals surface area (Å²) < 4.78 is 14.1. The maximum absolute atomic E-state index is 14.1. The minimum absolute atomic E-state index is 0.210. The van der Waals surface area contributed by atoms with Gasteiger partial charge in [-0.2, -0.15) is 0 Å².